The number of aromatic nitrogens is 2. The molecule has 0 fully saturated rings. The third-order valence-corrected chi connectivity index (χ3v) is 2.64. The Kier molecular flexibility index (Phi) is 7.17. The van der Waals surface area contributed by atoms with Crippen LogP contribution in [0.25, 0.3) is 0 Å². The molecule has 0 bridgehead atoms. The lowest BCUT2D eigenvalue weighted by Gasteiger charge is -2.08. The largest absolute Gasteiger partial charge is 0.414 e. The van der Waals surface area contributed by atoms with Gasteiger partial charge in [0.25, 0.3) is 5.22 Å². The van der Waals surface area contributed by atoms with Crippen LogP contribution >= 0.6 is 24.2 Å². The highest BCUT2D eigenvalue weighted by atomic mass is 35.5. The lowest BCUT2D eigenvalue weighted by Crippen LogP contribution is -2.13. The summed E-state index contributed by atoms with van der Waals surface area (Å²) >= 11 is 1.12. The van der Waals surface area contributed by atoms with Gasteiger partial charge in [0.15, 0.2) is 0 Å². The summed E-state index contributed by atoms with van der Waals surface area (Å²) in [6.45, 7) is 4.14. The maximum atomic E-state index is 10.5. The summed E-state index contributed by atoms with van der Waals surface area (Å²) in [6, 6.07) is -0.254. The molecule has 0 saturated heterocycles. The van der Waals surface area contributed by atoms with Crippen molar-refractivity contribution in [1.29, 1.82) is 0 Å². The van der Waals surface area contributed by atoms with Crippen LogP contribution in [-0.2, 0) is 4.79 Å². The predicted octanol–water partition coefficient (Wildman–Crippen LogP) is 1.11. The number of carbonyl (C=O) groups is 1. The van der Waals surface area contributed by atoms with Crippen LogP contribution < -0.4 is 11.5 Å². The third-order valence-electron chi connectivity index (χ3n) is 1.80. The number of nitrogens with zero attached hydrogens (tertiary/aromatic N) is 2. The van der Waals surface area contributed by atoms with E-state index < -0.39 is 5.91 Å². The quantitative estimate of drug-likeness (QED) is 0.756. The Morgan fingerprint density at radius 3 is 2.65 bits per heavy atom. The maximum Gasteiger partial charge on any atom is 0.277 e. The molecule has 1 aromatic rings. The zero-order chi connectivity index (χ0) is 12.1. The molecule has 0 aliphatic rings. The van der Waals surface area contributed by atoms with Gasteiger partial charge in [-0.2, -0.15) is 0 Å². The Balaban J connectivity index is 0.00000256. The number of nitrogens with two attached hydrogens (primary N) is 2. The minimum Gasteiger partial charge on any atom is -0.414 e. The summed E-state index contributed by atoms with van der Waals surface area (Å²) in [4.78, 5) is 10.5. The van der Waals surface area contributed by atoms with Crippen molar-refractivity contribution in [1.82, 2.24) is 10.2 Å². The SMILES string of the molecule is CC(C)C[C@@H](N)c1nnc(SCC(N)=O)o1.Cl. The van der Waals surface area contributed by atoms with E-state index in [2.05, 4.69) is 24.0 Å². The Hall–Kier alpha value is -0.790. The molecule has 0 radical (unpaired) electrons. The molecule has 1 atom stereocenters. The molecule has 0 saturated carbocycles. The second kappa shape index (κ2) is 7.52. The van der Waals surface area contributed by atoms with Crippen LogP contribution in [0.3, 0.4) is 0 Å². The van der Waals surface area contributed by atoms with Gasteiger partial charge in [-0.05, 0) is 12.3 Å². The first-order chi connectivity index (χ1) is 7.49. The van der Waals surface area contributed by atoms with E-state index in [0.29, 0.717) is 17.0 Å². The monoisotopic (exact) mass is 280 g/mol. The molecule has 0 aliphatic carbocycles. The topological polar surface area (TPSA) is 108 Å². The summed E-state index contributed by atoms with van der Waals surface area (Å²) in [5.74, 6) is 0.571. The van der Waals surface area contributed by atoms with Gasteiger partial charge >= 0.3 is 0 Å². The first-order valence-electron chi connectivity index (χ1n) is 4.99. The van der Waals surface area contributed by atoms with E-state index in [4.69, 9.17) is 15.9 Å². The lowest BCUT2D eigenvalue weighted by atomic mass is 10.1. The minimum absolute atomic E-state index is 0. The fourth-order valence-electron chi connectivity index (χ4n) is 1.17. The molecule has 0 unspecified atom stereocenters. The number of rotatable bonds is 6. The van der Waals surface area contributed by atoms with Crippen LogP contribution in [0.1, 0.15) is 32.2 Å². The van der Waals surface area contributed by atoms with Gasteiger partial charge in [0, 0.05) is 0 Å². The smallest absolute Gasteiger partial charge is 0.277 e. The van der Waals surface area contributed by atoms with Crippen molar-refractivity contribution in [2.45, 2.75) is 31.5 Å². The summed E-state index contributed by atoms with van der Waals surface area (Å²) in [5.41, 5.74) is 10.9. The summed E-state index contributed by atoms with van der Waals surface area (Å²) in [7, 11) is 0. The Bertz CT molecular complexity index is 359. The molecule has 1 aromatic heterocycles. The van der Waals surface area contributed by atoms with E-state index in [1.54, 1.807) is 0 Å². The van der Waals surface area contributed by atoms with Crippen molar-refractivity contribution >= 4 is 30.1 Å². The van der Waals surface area contributed by atoms with Crippen LogP contribution in [0.5, 0.6) is 0 Å². The second-order valence-electron chi connectivity index (χ2n) is 3.90. The van der Waals surface area contributed by atoms with Gasteiger partial charge in [0.2, 0.25) is 11.8 Å². The van der Waals surface area contributed by atoms with Crippen molar-refractivity contribution in [3.63, 3.8) is 0 Å². The molecular weight excluding hydrogens is 264 g/mol. The zero-order valence-electron chi connectivity index (χ0n) is 9.75. The Morgan fingerprint density at radius 2 is 2.12 bits per heavy atom. The van der Waals surface area contributed by atoms with E-state index in [1.165, 1.54) is 0 Å². The van der Waals surface area contributed by atoms with Crippen molar-refractivity contribution in [2.75, 3.05) is 5.75 Å². The summed E-state index contributed by atoms with van der Waals surface area (Å²) < 4.78 is 5.30. The first kappa shape index (κ1) is 16.2. The summed E-state index contributed by atoms with van der Waals surface area (Å²) in [6.07, 6.45) is 0.780. The average molecular weight is 281 g/mol. The number of carbonyl (C=O) groups excluding carboxylic acids is 1. The number of hydrogen-bond donors (Lipinski definition) is 2. The van der Waals surface area contributed by atoms with Gasteiger partial charge in [-0.25, -0.2) is 0 Å². The third kappa shape index (κ3) is 5.90. The molecule has 4 N–H and O–H groups in total. The van der Waals surface area contributed by atoms with Crippen molar-refractivity contribution < 1.29 is 9.21 Å². The van der Waals surface area contributed by atoms with Gasteiger partial charge < -0.3 is 15.9 Å². The first-order valence-corrected chi connectivity index (χ1v) is 5.97. The standard InChI is InChI=1S/C9H16N4O2S.ClH/c1-5(2)3-6(10)8-12-13-9(15-8)16-4-7(11)14;/h5-6H,3-4,10H2,1-2H3,(H2,11,14);1H/t6-;/m1./s1. The van der Waals surface area contributed by atoms with E-state index >= 15 is 0 Å². The van der Waals surface area contributed by atoms with Crippen LogP contribution in [0, 0.1) is 5.92 Å². The average Bonchev–Trinajstić information content (AvgIpc) is 2.61. The molecule has 1 rings (SSSR count). The van der Waals surface area contributed by atoms with Gasteiger partial charge in [-0.1, -0.05) is 25.6 Å². The number of halogens is 1. The van der Waals surface area contributed by atoms with Crippen molar-refractivity contribution in [3.05, 3.63) is 5.89 Å². The van der Waals surface area contributed by atoms with Crippen LogP contribution in [0.4, 0.5) is 0 Å². The molecular formula is C9H17ClN4O2S. The maximum absolute atomic E-state index is 10.5. The van der Waals surface area contributed by atoms with Gasteiger partial charge in [-0.3, -0.25) is 4.79 Å². The predicted molar refractivity (Wildman–Crippen MR) is 67.8 cm³/mol. The molecule has 6 nitrogen and oxygen atoms in total. The van der Waals surface area contributed by atoms with Crippen LogP contribution in [-0.4, -0.2) is 21.9 Å². The van der Waals surface area contributed by atoms with Gasteiger partial charge in [0.05, 0.1) is 11.8 Å². The van der Waals surface area contributed by atoms with Crippen LogP contribution in [0.2, 0.25) is 0 Å². The number of amides is 1. The van der Waals surface area contributed by atoms with Crippen molar-refractivity contribution in [3.8, 4) is 0 Å². The van der Waals surface area contributed by atoms with Crippen molar-refractivity contribution in [2.24, 2.45) is 17.4 Å². The van der Waals surface area contributed by atoms with Gasteiger partial charge in [0.1, 0.15) is 0 Å². The van der Waals surface area contributed by atoms with E-state index in [-0.39, 0.29) is 24.2 Å². The number of hydrogen-bond acceptors (Lipinski definition) is 6. The molecule has 0 spiro atoms. The minimum atomic E-state index is -0.420. The van der Waals surface area contributed by atoms with Gasteiger partial charge in [-0.15, -0.1) is 22.6 Å². The Labute approximate surface area is 110 Å². The normalized spacial score (nSPS) is 12.2. The molecule has 8 heteroatoms. The highest BCUT2D eigenvalue weighted by Gasteiger charge is 2.16. The Morgan fingerprint density at radius 1 is 1.47 bits per heavy atom. The van der Waals surface area contributed by atoms with E-state index in [9.17, 15) is 4.79 Å². The van der Waals surface area contributed by atoms with Crippen LogP contribution in [0.15, 0.2) is 9.64 Å². The number of primary amides is 1. The highest BCUT2D eigenvalue weighted by Crippen LogP contribution is 2.21. The molecule has 1 heterocycles. The molecule has 0 aromatic carbocycles. The fourth-order valence-corrected chi connectivity index (χ4v) is 1.68. The second-order valence-corrected chi connectivity index (χ2v) is 4.82. The lowest BCUT2D eigenvalue weighted by molar-refractivity contribution is -0.115. The van der Waals surface area contributed by atoms with E-state index in [1.807, 2.05) is 0 Å². The zero-order valence-corrected chi connectivity index (χ0v) is 11.4. The molecule has 1 amide bonds. The fraction of sp³-hybridized carbons (Fsp3) is 0.667. The van der Waals surface area contributed by atoms with E-state index in [0.717, 1.165) is 18.2 Å². The molecule has 17 heavy (non-hydrogen) atoms. The number of thioether (sulfide) groups is 1. The highest BCUT2D eigenvalue weighted by molar-refractivity contribution is 7.99. The summed E-state index contributed by atoms with van der Waals surface area (Å²) in [5, 5.41) is 7.93. The molecule has 0 aliphatic heterocycles. The molecule has 98 valence electrons.